The Morgan fingerprint density at radius 2 is 1.98 bits per heavy atom. The van der Waals surface area contributed by atoms with Crippen LogP contribution in [-0.4, -0.2) is 46.1 Å². The summed E-state index contributed by atoms with van der Waals surface area (Å²) in [5.41, 5.74) is -0.351. The SMILES string of the molecule is COc1ncc(N=C(C(C)C)C2C(=N)C(=O)N(c3cc(Cl)cn(C)c3=O)C2c2ccc(C#N)c(F)c2)c(OC)n1. The predicted molar refractivity (Wildman–Crippen MR) is 146 cm³/mol. The number of hydrogen-bond donors (Lipinski definition) is 1. The first-order valence-corrected chi connectivity index (χ1v) is 12.4. The fourth-order valence-electron chi connectivity index (χ4n) is 4.61. The van der Waals surface area contributed by atoms with Gasteiger partial charge in [0, 0.05) is 19.0 Å². The second-order valence-electron chi connectivity index (χ2n) is 9.26. The van der Waals surface area contributed by atoms with Gasteiger partial charge >= 0.3 is 6.01 Å². The molecule has 13 heteroatoms. The predicted octanol–water partition coefficient (Wildman–Crippen LogP) is 4.01. The first kappa shape index (κ1) is 28.4. The van der Waals surface area contributed by atoms with Crippen LogP contribution in [0.3, 0.4) is 0 Å². The molecular formula is C27H25ClFN7O4. The summed E-state index contributed by atoms with van der Waals surface area (Å²) < 4.78 is 26.5. The van der Waals surface area contributed by atoms with Gasteiger partial charge in [-0.3, -0.25) is 19.9 Å². The summed E-state index contributed by atoms with van der Waals surface area (Å²) in [6.45, 7) is 3.65. The minimum absolute atomic E-state index is 0.0552. The van der Waals surface area contributed by atoms with E-state index in [2.05, 4.69) is 9.97 Å². The summed E-state index contributed by atoms with van der Waals surface area (Å²) in [5, 5.41) is 18.3. The van der Waals surface area contributed by atoms with Crippen molar-refractivity contribution in [2.75, 3.05) is 19.1 Å². The first-order valence-electron chi connectivity index (χ1n) is 12.0. The van der Waals surface area contributed by atoms with Gasteiger partial charge < -0.3 is 14.0 Å². The van der Waals surface area contributed by atoms with Crippen molar-refractivity contribution in [2.45, 2.75) is 19.9 Å². The van der Waals surface area contributed by atoms with Crippen LogP contribution < -0.4 is 19.9 Å². The van der Waals surface area contributed by atoms with Gasteiger partial charge in [0.05, 0.1) is 43.0 Å². The highest BCUT2D eigenvalue weighted by atomic mass is 35.5. The summed E-state index contributed by atoms with van der Waals surface area (Å²) in [7, 11) is 4.28. The number of aryl methyl sites for hydroxylation is 1. The van der Waals surface area contributed by atoms with Gasteiger partial charge in [-0.25, -0.2) is 14.4 Å². The molecule has 2 aromatic heterocycles. The van der Waals surface area contributed by atoms with Crippen molar-refractivity contribution in [3.8, 4) is 18.0 Å². The van der Waals surface area contributed by atoms with E-state index in [-0.39, 0.29) is 51.0 Å². The van der Waals surface area contributed by atoms with Crippen molar-refractivity contribution in [3.63, 3.8) is 0 Å². The van der Waals surface area contributed by atoms with Crippen LogP contribution in [0.15, 0.2) is 46.4 Å². The number of aliphatic imine (C=N–C) groups is 1. The average molecular weight is 566 g/mol. The third-order valence-electron chi connectivity index (χ3n) is 6.45. The summed E-state index contributed by atoms with van der Waals surface area (Å²) in [6, 6.07) is 5.99. The van der Waals surface area contributed by atoms with E-state index < -0.39 is 29.2 Å². The number of benzene rings is 1. The van der Waals surface area contributed by atoms with Crippen molar-refractivity contribution in [2.24, 2.45) is 23.9 Å². The number of halogens is 2. The number of nitrogens with zero attached hydrogens (tertiary/aromatic N) is 6. The monoisotopic (exact) mass is 565 g/mol. The molecule has 1 fully saturated rings. The van der Waals surface area contributed by atoms with E-state index in [1.165, 1.54) is 56.4 Å². The Labute approximate surface area is 234 Å². The molecule has 40 heavy (non-hydrogen) atoms. The van der Waals surface area contributed by atoms with Gasteiger partial charge in [-0.05, 0) is 29.7 Å². The van der Waals surface area contributed by atoms with E-state index in [0.717, 1.165) is 11.0 Å². The van der Waals surface area contributed by atoms with Crippen molar-refractivity contribution in [1.29, 1.82) is 10.7 Å². The zero-order valence-corrected chi connectivity index (χ0v) is 23.0. The maximum Gasteiger partial charge on any atom is 0.319 e. The lowest BCUT2D eigenvalue weighted by molar-refractivity contribution is -0.112. The molecule has 1 aliphatic rings. The van der Waals surface area contributed by atoms with Gasteiger partial charge in [0.1, 0.15) is 29.0 Å². The number of hydrogen-bond acceptors (Lipinski definition) is 9. The number of pyridine rings is 1. The van der Waals surface area contributed by atoms with Crippen LogP contribution in [0.2, 0.25) is 5.02 Å². The van der Waals surface area contributed by atoms with Crippen LogP contribution in [0.25, 0.3) is 0 Å². The normalized spacial score (nSPS) is 17.4. The molecule has 1 aliphatic heterocycles. The Hall–Kier alpha value is -4.63. The van der Waals surface area contributed by atoms with Crippen molar-refractivity contribution < 1.29 is 18.7 Å². The lowest BCUT2D eigenvalue weighted by atomic mass is 9.83. The maximum atomic E-state index is 14.9. The molecule has 0 saturated carbocycles. The summed E-state index contributed by atoms with van der Waals surface area (Å²) in [6.07, 6.45) is 2.78. The minimum atomic E-state index is -1.07. The van der Waals surface area contributed by atoms with Crippen LogP contribution in [0.4, 0.5) is 15.8 Å². The molecule has 1 saturated heterocycles. The molecule has 0 aliphatic carbocycles. The number of anilines is 1. The maximum absolute atomic E-state index is 14.9. The van der Waals surface area contributed by atoms with E-state index >= 15 is 0 Å². The highest BCUT2D eigenvalue weighted by molar-refractivity contribution is 6.49. The molecule has 1 N–H and O–H groups in total. The Balaban J connectivity index is 2.00. The van der Waals surface area contributed by atoms with E-state index in [1.807, 2.05) is 13.8 Å². The standard InChI is InChI=1S/C27H25ClFN7O4/c1-13(2)22(33-18-11-32-27(40-5)34-24(18)39-4)20-21(31)26(38)36(19-9-16(28)12-35(3)25(19)37)23(20)14-6-7-15(10-30)17(29)8-14/h6-9,11-13,20,23,31H,1-5H3. The third-order valence-corrected chi connectivity index (χ3v) is 6.66. The fourth-order valence-corrected chi connectivity index (χ4v) is 4.86. The summed E-state index contributed by atoms with van der Waals surface area (Å²) in [5.74, 6) is -2.85. The Bertz CT molecular complexity index is 1650. The molecule has 2 atom stereocenters. The topological polar surface area (TPSA) is 147 Å². The molecule has 206 valence electrons. The number of carbonyl (C=O) groups excluding carboxylic acids is 1. The van der Waals surface area contributed by atoms with E-state index in [4.69, 9.17) is 31.5 Å². The van der Waals surface area contributed by atoms with Crippen molar-refractivity contribution >= 4 is 40.3 Å². The smallest absolute Gasteiger partial charge is 0.319 e. The first-order chi connectivity index (χ1) is 19.0. The van der Waals surface area contributed by atoms with Crippen LogP contribution in [0.5, 0.6) is 11.9 Å². The van der Waals surface area contributed by atoms with Gasteiger partial charge in [-0.15, -0.1) is 0 Å². The molecule has 0 spiro atoms. The molecule has 11 nitrogen and oxygen atoms in total. The minimum Gasteiger partial charge on any atom is -0.479 e. The zero-order valence-electron chi connectivity index (χ0n) is 22.3. The van der Waals surface area contributed by atoms with Crippen LogP contribution >= 0.6 is 11.6 Å². The van der Waals surface area contributed by atoms with E-state index in [9.17, 15) is 19.2 Å². The lowest BCUT2D eigenvalue weighted by Crippen LogP contribution is -2.36. The van der Waals surface area contributed by atoms with Gasteiger partial charge in [-0.2, -0.15) is 10.2 Å². The summed E-state index contributed by atoms with van der Waals surface area (Å²) in [4.78, 5) is 41.0. The second kappa shape index (κ2) is 11.2. The quantitative estimate of drug-likeness (QED) is 0.426. The van der Waals surface area contributed by atoms with Gasteiger partial charge in [0.25, 0.3) is 11.5 Å². The van der Waals surface area contributed by atoms with Crippen molar-refractivity contribution in [3.05, 3.63) is 69.0 Å². The average Bonchev–Trinajstić information content (AvgIpc) is 3.18. The number of rotatable bonds is 7. The van der Waals surface area contributed by atoms with E-state index in [1.54, 1.807) is 6.07 Å². The molecule has 4 rings (SSSR count). The molecule has 0 bridgehead atoms. The molecule has 0 radical (unpaired) electrons. The zero-order chi connectivity index (χ0) is 29.3. The lowest BCUT2D eigenvalue weighted by Gasteiger charge is -2.29. The Kier molecular flexibility index (Phi) is 7.97. The number of carbonyl (C=O) groups is 1. The van der Waals surface area contributed by atoms with Gasteiger partial charge in [0.15, 0.2) is 0 Å². The largest absolute Gasteiger partial charge is 0.479 e. The molecular weight excluding hydrogens is 541 g/mol. The summed E-state index contributed by atoms with van der Waals surface area (Å²) >= 11 is 6.25. The van der Waals surface area contributed by atoms with Crippen LogP contribution in [-0.2, 0) is 11.8 Å². The number of methoxy groups -OCH3 is 2. The molecule has 1 aromatic carbocycles. The third kappa shape index (κ3) is 5.03. The number of nitrogens with one attached hydrogen (secondary N) is 1. The van der Waals surface area contributed by atoms with Crippen LogP contribution in [0, 0.1) is 34.4 Å². The number of aromatic nitrogens is 3. The highest BCUT2D eigenvalue weighted by Crippen LogP contribution is 2.42. The Morgan fingerprint density at radius 1 is 1.25 bits per heavy atom. The number of nitriles is 1. The fraction of sp³-hybridized carbons (Fsp3) is 0.296. The van der Waals surface area contributed by atoms with Gasteiger partial charge in [-0.1, -0.05) is 31.5 Å². The Morgan fingerprint density at radius 3 is 2.58 bits per heavy atom. The highest BCUT2D eigenvalue weighted by Gasteiger charge is 2.50. The molecule has 3 aromatic rings. The molecule has 1 amide bonds. The van der Waals surface area contributed by atoms with Crippen molar-refractivity contribution in [1.82, 2.24) is 14.5 Å². The van der Waals surface area contributed by atoms with Crippen LogP contribution in [0.1, 0.15) is 31.0 Å². The molecule has 3 heterocycles. The van der Waals surface area contributed by atoms with E-state index in [0.29, 0.717) is 5.71 Å². The van der Waals surface area contributed by atoms with Gasteiger partial charge in [0.2, 0.25) is 5.88 Å². The number of amides is 1. The second-order valence-corrected chi connectivity index (χ2v) is 9.70. The molecule has 2 unspecified atom stereocenters. The number of ether oxygens (including phenoxy) is 2.